The Morgan fingerprint density at radius 1 is 1.05 bits per heavy atom. The van der Waals surface area contributed by atoms with Gasteiger partial charge in [-0.1, -0.05) is 30.3 Å². The van der Waals surface area contributed by atoms with Crippen LogP contribution in [-0.2, 0) is 0 Å². The van der Waals surface area contributed by atoms with Crippen LogP contribution >= 0.6 is 25.8 Å². The fourth-order valence-electron chi connectivity index (χ4n) is 1.80. The van der Waals surface area contributed by atoms with E-state index in [1.165, 1.54) is 19.1 Å². The molecular weight excluding hydrogens is 370 g/mol. The summed E-state index contributed by atoms with van der Waals surface area (Å²) in [6.45, 7) is 1.23. The van der Waals surface area contributed by atoms with Crippen molar-refractivity contribution in [2.24, 2.45) is 0 Å². The first-order valence-electron chi connectivity index (χ1n) is 5.88. The largest absolute Gasteiger partial charge is 0.242 e. The summed E-state index contributed by atoms with van der Waals surface area (Å²) in [6.07, 6.45) is 0.930. The van der Waals surface area contributed by atoms with Crippen molar-refractivity contribution in [1.82, 2.24) is 4.98 Å². The number of hydrogen-bond donors (Lipinski definition) is 0. The number of benzene rings is 1. The summed E-state index contributed by atoms with van der Waals surface area (Å²) >= 11 is 2.98. The van der Waals surface area contributed by atoms with Gasteiger partial charge in [0.25, 0.3) is 0 Å². The highest BCUT2D eigenvalue weighted by Gasteiger charge is 2.64. The Bertz CT molecular complexity index is 692. The fraction of sp³-hybridized carbons (Fsp3) is 0.0714. The summed E-state index contributed by atoms with van der Waals surface area (Å²) in [5.74, 6) is 0. The van der Waals surface area contributed by atoms with E-state index in [9.17, 15) is 15.5 Å². The van der Waals surface area contributed by atoms with Crippen LogP contribution in [0, 0.1) is 0 Å². The van der Waals surface area contributed by atoms with Crippen molar-refractivity contribution in [3.05, 3.63) is 64.1 Å². The molecule has 114 valence electrons. The van der Waals surface area contributed by atoms with E-state index >= 15 is 0 Å². The smallest absolute Gasteiger partial charge is 0.218 e. The molecule has 0 saturated carbocycles. The van der Waals surface area contributed by atoms with Crippen LogP contribution in [0.5, 0.6) is 0 Å². The normalized spacial score (nSPS) is 16.2. The van der Waals surface area contributed by atoms with Crippen LogP contribution < -0.4 is 0 Å². The van der Waals surface area contributed by atoms with Crippen LogP contribution in [0.3, 0.4) is 0 Å². The third-order valence-corrected chi connectivity index (χ3v) is 5.19. The van der Waals surface area contributed by atoms with Crippen molar-refractivity contribution in [1.29, 1.82) is 0 Å². The third-order valence-electron chi connectivity index (χ3n) is 2.78. The molecule has 0 unspecified atom stereocenters. The monoisotopic (exact) mass is 381 g/mol. The van der Waals surface area contributed by atoms with E-state index < -0.39 is 14.9 Å². The molecule has 1 aromatic carbocycles. The molecule has 2 rings (SSSR count). The van der Waals surface area contributed by atoms with Gasteiger partial charge in [-0.05, 0) is 46.1 Å². The van der Waals surface area contributed by atoms with Gasteiger partial charge in [0.15, 0.2) is 5.03 Å². The van der Waals surface area contributed by atoms with Crippen molar-refractivity contribution in [2.75, 3.05) is 0 Å². The second-order valence-electron chi connectivity index (χ2n) is 4.61. The van der Waals surface area contributed by atoms with E-state index in [2.05, 4.69) is 20.9 Å². The fourth-order valence-corrected chi connectivity index (χ4v) is 3.63. The van der Waals surface area contributed by atoms with E-state index in [-0.39, 0.29) is 11.0 Å². The molecule has 0 amide bonds. The summed E-state index contributed by atoms with van der Waals surface area (Å²) in [6, 6.07) is 9.61. The van der Waals surface area contributed by atoms with Gasteiger partial charge in [-0.25, -0.2) is 4.98 Å². The van der Waals surface area contributed by atoms with Gasteiger partial charge in [0.1, 0.15) is 0 Å². The third kappa shape index (κ3) is 3.65. The summed E-state index contributed by atoms with van der Waals surface area (Å²) in [7, 11) is -8.57. The Kier molecular flexibility index (Phi) is 3.50. The lowest BCUT2D eigenvalue weighted by atomic mass is 10.1. The summed E-state index contributed by atoms with van der Waals surface area (Å²) in [5, 5.41) is -1.74. The van der Waals surface area contributed by atoms with Crippen LogP contribution in [0.2, 0.25) is 0 Å². The topological polar surface area (TPSA) is 12.9 Å². The van der Waals surface area contributed by atoms with Gasteiger partial charge in [-0.2, -0.15) is 0 Å². The zero-order valence-electron chi connectivity index (χ0n) is 10.9. The van der Waals surface area contributed by atoms with Crippen molar-refractivity contribution in [3.8, 4) is 0 Å². The first-order valence-corrected chi connectivity index (χ1v) is 8.78. The van der Waals surface area contributed by atoms with Gasteiger partial charge in [0.2, 0.25) is 9.84 Å². The second kappa shape index (κ2) is 4.58. The molecular formula is C14H12BrF4NS. The molecule has 1 nitrogen and oxygen atoms in total. The molecule has 1 heterocycles. The Balaban J connectivity index is 2.59. The lowest BCUT2D eigenvalue weighted by Crippen LogP contribution is -2.12. The molecule has 0 aliphatic heterocycles. The van der Waals surface area contributed by atoms with Crippen molar-refractivity contribution in [2.45, 2.75) is 11.9 Å². The van der Waals surface area contributed by atoms with Crippen molar-refractivity contribution >= 4 is 31.3 Å². The first kappa shape index (κ1) is 16.0. The molecule has 0 atom stereocenters. The lowest BCUT2D eigenvalue weighted by Gasteiger charge is -2.46. The molecule has 7 heteroatoms. The Hall–Kier alpha value is -1.34. The zero-order valence-corrected chi connectivity index (χ0v) is 13.3. The van der Waals surface area contributed by atoms with E-state index in [1.54, 1.807) is 18.2 Å². The van der Waals surface area contributed by atoms with Crippen molar-refractivity contribution < 1.29 is 15.5 Å². The Morgan fingerprint density at radius 3 is 2.19 bits per heavy atom. The van der Waals surface area contributed by atoms with Crippen LogP contribution in [0.1, 0.15) is 12.5 Å². The number of aromatic nitrogens is 1. The lowest BCUT2D eigenvalue weighted by molar-refractivity contribution is 0.458. The average molecular weight is 382 g/mol. The predicted molar refractivity (Wildman–Crippen MR) is 82.3 cm³/mol. The van der Waals surface area contributed by atoms with Crippen LogP contribution in [0.25, 0.3) is 5.57 Å². The summed E-state index contributed by atoms with van der Waals surface area (Å²) < 4.78 is 57.3. The van der Waals surface area contributed by atoms with Gasteiger partial charge >= 0.3 is 0 Å². The van der Waals surface area contributed by atoms with Gasteiger partial charge in [-0.15, -0.1) is 15.5 Å². The minimum Gasteiger partial charge on any atom is -0.242 e. The second-order valence-corrected chi connectivity index (χ2v) is 8.45. The Morgan fingerprint density at radius 2 is 1.67 bits per heavy atom. The van der Waals surface area contributed by atoms with E-state index in [1.807, 2.05) is 0 Å². The number of rotatable bonds is 3. The molecule has 0 bridgehead atoms. The quantitative estimate of drug-likeness (QED) is 0.540. The highest BCUT2D eigenvalue weighted by Crippen LogP contribution is 3.01. The van der Waals surface area contributed by atoms with Gasteiger partial charge in [0.05, 0.1) is 5.41 Å². The maximum absolute atomic E-state index is 14.2. The highest BCUT2D eigenvalue weighted by molar-refractivity contribution is 9.10. The average Bonchev–Trinajstić information content (AvgIpc) is 2.38. The highest BCUT2D eigenvalue weighted by atomic mass is 79.9. The molecule has 2 aromatic rings. The molecule has 0 aliphatic rings. The van der Waals surface area contributed by atoms with Crippen molar-refractivity contribution in [3.63, 3.8) is 0 Å². The van der Waals surface area contributed by atoms with Gasteiger partial charge in [0, 0.05) is 10.7 Å². The Labute approximate surface area is 128 Å². The maximum Gasteiger partial charge on any atom is 0.218 e. The van der Waals surface area contributed by atoms with E-state index in [4.69, 9.17) is 0 Å². The number of allylic oxidation sites excluding steroid dienone is 1. The van der Waals surface area contributed by atoms with E-state index in [0.717, 1.165) is 12.3 Å². The van der Waals surface area contributed by atoms with E-state index in [0.29, 0.717) is 16.1 Å². The van der Waals surface area contributed by atoms with Gasteiger partial charge in [-0.3, -0.25) is 0 Å². The van der Waals surface area contributed by atoms with Gasteiger partial charge < -0.3 is 0 Å². The molecule has 21 heavy (non-hydrogen) atoms. The molecule has 0 radical (unpaired) electrons. The number of nitrogens with zero attached hydrogens (tertiary/aromatic N) is 1. The minimum absolute atomic E-state index is 0.197. The summed E-state index contributed by atoms with van der Waals surface area (Å²) in [4.78, 5) is 3.20. The van der Waals surface area contributed by atoms with Crippen LogP contribution in [0.4, 0.5) is 15.5 Å². The summed E-state index contributed by atoms with van der Waals surface area (Å²) in [5.41, 5.74) is 0.113. The molecule has 0 spiro atoms. The number of hydrogen-bond acceptors (Lipinski definition) is 1. The number of pyridine rings is 1. The minimum atomic E-state index is -8.57. The molecule has 0 fully saturated rings. The molecule has 0 saturated heterocycles. The molecule has 0 aliphatic carbocycles. The standard InChI is InChI=1S/C14H12BrF4NS/c1-11(12-5-3-2-4-6-12)10-21(16,17,18,19)14-8-7-13(15)9-20-14/h2-10H,1H3/b11-10-. The van der Waals surface area contributed by atoms with Crippen LogP contribution in [0.15, 0.2) is 63.6 Å². The zero-order chi connectivity index (χ0) is 15.8. The SMILES string of the molecule is C/C(=C/S(F)(F)(F)(F)c1ccc(Br)cn1)c1ccccc1. The maximum atomic E-state index is 14.2. The predicted octanol–water partition coefficient (Wildman–Crippen LogP) is 6.68. The number of halogens is 5. The molecule has 0 N–H and O–H groups in total. The van der Waals surface area contributed by atoms with Crippen LogP contribution in [-0.4, -0.2) is 4.98 Å². The first-order chi connectivity index (χ1) is 9.50. The molecule has 1 aromatic heterocycles.